The van der Waals surface area contributed by atoms with Gasteiger partial charge in [0.25, 0.3) is 5.91 Å². The molecule has 0 aliphatic rings. The third kappa shape index (κ3) is 5.22. The van der Waals surface area contributed by atoms with Gasteiger partial charge in [0.2, 0.25) is 0 Å². The summed E-state index contributed by atoms with van der Waals surface area (Å²) in [6.45, 7) is 1.80. The van der Waals surface area contributed by atoms with Crippen LogP contribution in [0.15, 0.2) is 65.3 Å². The molecule has 0 aliphatic heterocycles. The van der Waals surface area contributed by atoms with Gasteiger partial charge in [-0.25, -0.2) is 13.6 Å². The lowest BCUT2D eigenvalue weighted by molar-refractivity contribution is 0.0526. The maximum Gasteiger partial charge on any atom is 0.338 e. The maximum absolute atomic E-state index is 14.2. The minimum Gasteiger partial charge on any atom is -0.462 e. The first-order valence-electron chi connectivity index (χ1n) is 10.4. The highest BCUT2D eigenvalue weighted by molar-refractivity contribution is 9.10. The molecular formula is C25H19BrF2N4O3. The molecule has 1 amide bonds. The summed E-state index contributed by atoms with van der Waals surface area (Å²) in [5.41, 5.74) is 6.94. The number of benzene rings is 3. The standard InChI is InChI=1S/C25H19BrF2N4O3/c1-2-35-25(34)13-8-15(11-16(9-13)32-23-19(27)4-3-5-20(23)28)31-22-17-7-6-14(26)10-21(17)30-12-18(22)24(29)33/h3-12,32H,2H2,1H3,(H2,29,33)(H,30,31). The number of aromatic nitrogens is 1. The number of nitrogens with one attached hydrogen (secondary N) is 2. The Labute approximate surface area is 207 Å². The minimum atomic E-state index is -0.803. The highest BCUT2D eigenvalue weighted by Crippen LogP contribution is 2.33. The Kier molecular flexibility index (Phi) is 6.92. The van der Waals surface area contributed by atoms with E-state index >= 15 is 0 Å². The van der Waals surface area contributed by atoms with E-state index in [1.165, 1.54) is 30.5 Å². The number of ether oxygens (including phenoxy) is 1. The molecule has 0 saturated heterocycles. The van der Waals surface area contributed by atoms with Gasteiger partial charge in [0.1, 0.15) is 17.3 Å². The second kappa shape index (κ2) is 10.1. The summed E-state index contributed by atoms with van der Waals surface area (Å²) < 4.78 is 34.4. The highest BCUT2D eigenvalue weighted by atomic mass is 79.9. The van der Waals surface area contributed by atoms with E-state index in [1.54, 1.807) is 25.1 Å². The smallest absolute Gasteiger partial charge is 0.338 e. The van der Waals surface area contributed by atoms with Gasteiger partial charge in [-0.05, 0) is 55.5 Å². The molecule has 0 atom stereocenters. The lowest BCUT2D eigenvalue weighted by Crippen LogP contribution is -2.14. The number of fused-ring (bicyclic) bond motifs is 1. The zero-order valence-electron chi connectivity index (χ0n) is 18.4. The van der Waals surface area contributed by atoms with Gasteiger partial charge in [-0.15, -0.1) is 0 Å². The van der Waals surface area contributed by atoms with Crippen LogP contribution in [0.1, 0.15) is 27.6 Å². The number of nitrogens with two attached hydrogens (primary N) is 1. The van der Waals surface area contributed by atoms with Crippen LogP contribution < -0.4 is 16.4 Å². The lowest BCUT2D eigenvalue weighted by Gasteiger charge is -2.16. The molecular weight excluding hydrogens is 522 g/mol. The Balaban J connectivity index is 1.84. The van der Waals surface area contributed by atoms with Crippen molar-refractivity contribution in [2.45, 2.75) is 6.92 Å². The number of rotatable bonds is 7. The van der Waals surface area contributed by atoms with Gasteiger partial charge in [0, 0.05) is 27.4 Å². The number of anilines is 4. The number of pyridine rings is 1. The van der Waals surface area contributed by atoms with E-state index in [9.17, 15) is 18.4 Å². The summed E-state index contributed by atoms with van der Waals surface area (Å²) in [7, 11) is 0. The van der Waals surface area contributed by atoms with Gasteiger partial charge in [-0.1, -0.05) is 22.0 Å². The van der Waals surface area contributed by atoms with Gasteiger partial charge < -0.3 is 21.1 Å². The largest absolute Gasteiger partial charge is 0.462 e. The average molecular weight is 541 g/mol. The molecule has 0 spiro atoms. The second-order valence-electron chi connectivity index (χ2n) is 7.44. The predicted octanol–water partition coefficient (Wildman–Crippen LogP) is 6.04. The zero-order chi connectivity index (χ0) is 25.1. The second-order valence-corrected chi connectivity index (χ2v) is 8.35. The monoisotopic (exact) mass is 540 g/mol. The van der Waals surface area contributed by atoms with Gasteiger partial charge >= 0.3 is 5.97 Å². The Bertz CT molecular complexity index is 1440. The molecule has 0 aliphatic carbocycles. The maximum atomic E-state index is 14.2. The van der Waals surface area contributed by atoms with Gasteiger partial charge in [0.05, 0.1) is 28.9 Å². The normalized spacial score (nSPS) is 10.7. The first kappa shape index (κ1) is 24.1. The molecule has 4 aromatic rings. The fourth-order valence-corrected chi connectivity index (χ4v) is 3.85. The highest BCUT2D eigenvalue weighted by Gasteiger charge is 2.17. The van der Waals surface area contributed by atoms with Crippen LogP contribution in [-0.4, -0.2) is 23.5 Å². The number of primary amides is 1. The van der Waals surface area contributed by atoms with Crippen LogP contribution in [0, 0.1) is 11.6 Å². The molecule has 1 heterocycles. The lowest BCUT2D eigenvalue weighted by atomic mass is 10.1. The number of para-hydroxylation sites is 1. The van der Waals surface area contributed by atoms with Crippen molar-refractivity contribution in [2.75, 3.05) is 17.2 Å². The van der Waals surface area contributed by atoms with Crippen molar-refractivity contribution in [1.29, 1.82) is 0 Å². The van der Waals surface area contributed by atoms with Crippen LogP contribution in [0.25, 0.3) is 10.9 Å². The van der Waals surface area contributed by atoms with E-state index in [0.717, 1.165) is 16.6 Å². The molecule has 4 rings (SSSR count). The zero-order valence-corrected chi connectivity index (χ0v) is 19.9. The molecule has 4 N–H and O–H groups in total. The van der Waals surface area contributed by atoms with Crippen molar-refractivity contribution >= 4 is 61.5 Å². The Hall–Kier alpha value is -4.05. The van der Waals surface area contributed by atoms with Crippen molar-refractivity contribution in [3.63, 3.8) is 0 Å². The average Bonchev–Trinajstić information content (AvgIpc) is 2.81. The first-order valence-corrected chi connectivity index (χ1v) is 11.2. The molecule has 1 aromatic heterocycles. The van der Waals surface area contributed by atoms with Crippen LogP contribution in [0.3, 0.4) is 0 Å². The van der Waals surface area contributed by atoms with Crippen LogP contribution >= 0.6 is 15.9 Å². The molecule has 0 unspecified atom stereocenters. The molecule has 0 radical (unpaired) electrons. The van der Waals surface area contributed by atoms with Crippen molar-refractivity contribution in [2.24, 2.45) is 5.73 Å². The number of hydrogen-bond donors (Lipinski definition) is 3. The Morgan fingerprint density at radius 3 is 2.29 bits per heavy atom. The number of carbonyl (C=O) groups excluding carboxylic acids is 2. The predicted molar refractivity (Wildman–Crippen MR) is 133 cm³/mol. The SMILES string of the molecule is CCOC(=O)c1cc(Nc2c(F)cccc2F)cc(Nc2c(C(N)=O)cnc3cc(Br)ccc23)c1. The quantitative estimate of drug-likeness (QED) is 0.247. The third-order valence-electron chi connectivity index (χ3n) is 5.04. The van der Waals surface area contributed by atoms with Crippen LogP contribution in [0.5, 0.6) is 0 Å². The van der Waals surface area contributed by atoms with E-state index in [0.29, 0.717) is 22.3 Å². The van der Waals surface area contributed by atoms with Gasteiger partial charge in [-0.2, -0.15) is 0 Å². The summed E-state index contributed by atoms with van der Waals surface area (Å²) in [4.78, 5) is 28.9. The van der Waals surface area contributed by atoms with E-state index < -0.39 is 23.5 Å². The summed E-state index contributed by atoms with van der Waals surface area (Å²) in [5.74, 6) is -2.95. The van der Waals surface area contributed by atoms with Gasteiger partial charge in [0.15, 0.2) is 0 Å². The summed E-state index contributed by atoms with van der Waals surface area (Å²) >= 11 is 3.39. The Morgan fingerprint density at radius 2 is 1.66 bits per heavy atom. The van der Waals surface area contributed by atoms with Gasteiger partial charge in [-0.3, -0.25) is 9.78 Å². The van der Waals surface area contributed by atoms with Crippen LogP contribution in [-0.2, 0) is 4.74 Å². The van der Waals surface area contributed by atoms with E-state index in [1.807, 2.05) is 0 Å². The van der Waals surface area contributed by atoms with Crippen molar-refractivity contribution < 1.29 is 23.1 Å². The minimum absolute atomic E-state index is 0.121. The molecule has 0 bridgehead atoms. The molecule has 10 heteroatoms. The molecule has 0 saturated carbocycles. The summed E-state index contributed by atoms with van der Waals surface area (Å²) in [6, 6.07) is 13.2. The van der Waals surface area contributed by atoms with Crippen LogP contribution in [0.2, 0.25) is 0 Å². The van der Waals surface area contributed by atoms with Crippen molar-refractivity contribution in [3.05, 3.63) is 88.0 Å². The number of carbonyl (C=O) groups is 2. The number of esters is 1. The fourth-order valence-electron chi connectivity index (χ4n) is 3.50. The topological polar surface area (TPSA) is 106 Å². The number of amides is 1. The third-order valence-corrected chi connectivity index (χ3v) is 5.54. The van der Waals surface area contributed by atoms with E-state index in [4.69, 9.17) is 10.5 Å². The fraction of sp³-hybridized carbons (Fsp3) is 0.0800. The number of nitrogens with zero attached hydrogens (tertiary/aromatic N) is 1. The molecule has 0 fully saturated rings. The number of hydrogen-bond acceptors (Lipinski definition) is 6. The van der Waals surface area contributed by atoms with Crippen LogP contribution in [0.4, 0.5) is 31.5 Å². The summed E-state index contributed by atoms with van der Waals surface area (Å²) in [6.07, 6.45) is 1.35. The molecule has 7 nitrogen and oxygen atoms in total. The molecule has 178 valence electrons. The Morgan fingerprint density at radius 1 is 1.00 bits per heavy atom. The van der Waals surface area contributed by atoms with Crippen molar-refractivity contribution in [1.82, 2.24) is 4.98 Å². The number of halogens is 3. The summed E-state index contributed by atoms with van der Waals surface area (Å²) in [5, 5.41) is 6.39. The molecule has 35 heavy (non-hydrogen) atoms. The van der Waals surface area contributed by atoms with E-state index in [-0.39, 0.29) is 29.1 Å². The van der Waals surface area contributed by atoms with E-state index in [2.05, 4.69) is 31.5 Å². The van der Waals surface area contributed by atoms with Crippen molar-refractivity contribution in [3.8, 4) is 0 Å². The molecule has 3 aromatic carbocycles. The first-order chi connectivity index (χ1) is 16.8.